The molecule has 0 spiro atoms. The zero-order valence-corrected chi connectivity index (χ0v) is 28.6. The average molecular weight is 669 g/mol. The number of rotatable bonds is 6. The van der Waals surface area contributed by atoms with E-state index in [0.717, 1.165) is 22.7 Å². The molecular weight excluding hydrogens is 637 g/mol. The zero-order chi connectivity index (χ0) is 33.7. The molecule has 2 heterocycles. The second kappa shape index (κ2) is 12.2. The van der Waals surface area contributed by atoms with E-state index in [1.807, 2.05) is 11.3 Å². The van der Waals surface area contributed by atoms with Crippen LogP contribution in [0, 0.1) is 0 Å². The van der Waals surface area contributed by atoms with E-state index in [0.29, 0.717) is 0 Å². The molecule has 2 nitrogen and oxygen atoms in total. The minimum Gasteiger partial charge on any atom is -0.310 e. The molecule has 0 atom stereocenters. The van der Waals surface area contributed by atoms with Crippen LogP contribution in [0.5, 0.6) is 0 Å². The van der Waals surface area contributed by atoms with Gasteiger partial charge in [-0.2, -0.15) is 0 Å². The topological polar surface area (TPSA) is 8.17 Å². The Labute approximate surface area is 300 Å². The van der Waals surface area contributed by atoms with Gasteiger partial charge in [-0.1, -0.05) is 121 Å². The number of hydrogen-bond acceptors (Lipinski definition) is 2. The van der Waals surface area contributed by atoms with Crippen LogP contribution < -0.4 is 4.90 Å². The molecule has 51 heavy (non-hydrogen) atoms. The Bertz CT molecular complexity index is 2830. The Balaban J connectivity index is 1.14. The lowest BCUT2D eigenvalue weighted by Gasteiger charge is -2.26. The van der Waals surface area contributed by atoms with Crippen LogP contribution in [0.15, 0.2) is 194 Å². The van der Waals surface area contributed by atoms with Crippen LogP contribution in [0.1, 0.15) is 0 Å². The summed E-state index contributed by atoms with van der Waals surface area (Å²) in [6.45, 7) is 0. The summed E-state index contributed by atoms with van der Waals surface area (Å²) in [5.41, 5.74) is 11.8. The number of thiophene rings is 1. The van der Waals surface area contributed by atoms with Gasteiger partial charge in [-0.3, -0.25) is 0 Å². The van der Waals surface area contributed by atoms with Gasteiger partial charge < -0.3 is 9.47 Å². The molecule has 10 rings (SSSR count). The van der Waals surface area contributed by atoms with Crippen LogP contribution in [-0.2, 0) is 0 Å². The molecule has 2 aromatic heterocycles. The molecule has 0 amide bonds. The third-order valence-electron chi connectivity index (χ3n) is 9.98. The van der Waals surface area contributed by atoms with E-state index >= 15 is 0 Å². The molecule has 0 saturated carbocycles. The highest BCUT2D eigenvalue weighted by molar-refractivity contribution is 7.26. The summed E-state index contributed by atoms with van der Waals surface area (Å²) in [5.74, 6) is 0. The van der Waals surface area contributed by atoms with Crippen molar-refractivity contribution in [3.05, 3.63) is 194 Å². The number of hydrogen-bond donors (Lipinski definition) is 0. The average Bonchev–Trinajstić information content (AvgIpc) is 3.75. The van der Waals surface area contributed by atoms with E-state index in [4.69, 9.17) is 0 Å². The summed E-state index contributed by atoms with van der Waals surface area (Å²) in [6, 6.07) is 70.3. The van der Waals surface area contributed by atoms with Gasteiger partial charge in [0.15, 0.2) is 0 Å². The fraction of sp³-hybridized carbons (Fsp3) is 0. The first kappa shape index (κ1) is 29.5. The van der Waals surface area contributed by atoms with Gasteiger partial charge in [0.05, 0.1) is 11.0 Å². The Kier molecular flexibility index (Phi) is 7.04. The normalized spacial score (nSPS) is 11.5. The van der Waals surface area contributed by atoms with Crippen molar-refractivity contribution in [3.8, 4) is 27.9 Å². The zero-order valence-electron chi connectivity index (χ0n) is 27.8. The van der Waals surface area contributed by atoms with Crippen molar-refractivity contribution in [3.63, 3.8) is 0 Å². The first-order valence-corrected chi connectivity index (χ1v) is 18.2. The van der Waals surface area contributed by atoms with Crippen LogP contribution in [0.2, 0.25) is 0 Å². The molecule has 3 heteroatoms. The van der Waals surface area contributed by atoms with Crippen LogP contribution >= 0.6 is 11.3 Å². The van der Waals surface area contributed by atoms with Gasteiger partial charge in [-0.15, -0.1) is 11.3 Å². The largest absolute Gasteiger partial charge is 0.310 e. The van der Waals surface area contributed by atoms with Crippen molar-refractivity contribution < 1.29 is 0 Å². The molecule has 10 aromatic rings. The maximum absolute atomic E-state index is 2.39. The molecule has 8 aromatic carbocycles. The van der Waals surface area contributed by atoms with Gasteiger partial charge >= 0.3 is 0 Å². The van der Waals surface area contributed by atoms with Crippen molar-refractivity contribution in [2.45, 2.75) is 0 Å². The monoisotopic (exact) mass is 668 g/mol. The summed E-state index contributed by atoms with van der Waals surface area (Å²) in [6.07, 6.45) is 0. The fourth-order valence-electron chi connectivity index (χ4n) is 7.60. The van der Waals surface area contributed by atoms with Crippen LogP contribution in [0.4, 0.5) is 17.1 Å². The molecule has 0 radical (unpaired) electrons. The molecule has 0 aliphatic carbocycles. The first-order valence-electron chi connectivity index (χ1n) is 17.4. The smallest absolute Gasteiger partial charge is 0.0542 e. The van der Waals surface area contributed by atoms with Crippen molar-refractivity contribution in [1.29, 1.82) is 0 Å². The Morgan fingerprint density at radius 3 is 1.75 bits per heavy atom. The lowest BCUT2D eigenvalue weighted by Crippen LogP contribution is -2.09. The van der Waals surface area contributed by atoms with Gasteiger partial charge in [0.1, 0.15) is 0 Å². The molecule has 240 valence electrons. The van der Waals surface area contributed by atoms with E-state index in [-0.39, 0.29) is 0 Å². The SMILES string of the molecule is c1ccc(-c2ccc3c(c2)c2cc(N(c4ccccc4)c4ccc(-c5cccc6c5sc5ccccc56)cc4)ccc2n3-c2ccccc2)cc1. The first-order chi connectivity index (χ1) is 25.3. The second-order valence-corrected chi connectivity index (χ2v) is 14.0. The number of fused-ring (bicyclic) bond motifs is 6. The lowest BCUT2D eigenvalue weighted by atomic mass is 10.0. The number of para-hydroxylation sites is 2. The number of nitrogens with zero attached hydrogens (tertiary/aromatic N) is 2. The van der Waals surface area contributed by atoms with Crippen molar-refractivity contribution in [1.82, 2.24) is 4.57 Å². The van der Waals surface area contributed by atoms with Gasteiger partial charge in [0.2, 0.25) is 0 Å². The molecule has 0 N–H and O–H groups in total. The summed E-state index contributed by atoms with van der Waals surface area (Å²) in [4.78, 5) is 2.37. The minimum absolute atomic E-state index is 1.12. The van der Waals surface area contributed by atoms with E-state index in [1.54, 1.807) is 0 Å². The standard InChI is InChI=1S/C48H32N2S/c1-4-13-33(14-5-1)35-25-29-45-43(31-35)44-32-39(28-30-46(44)50(45)37-17-8-3-9-18-37)49(36-15-6-2-7-16-36)38-26-23-34(24-27-38)40-20-12-21-42-41-19-10-11-22-47(41)51-48(40)42/h1-32H. The van der Waals surface area contributed by atoms with E-state index in [9.17, 15) is 0 Å². The van der Waals surface area contributed by atoms with Gasteiger partial charge in [0.25, 0.3) is 0 Å². The van der Waals surface area contributed by atoms with Crippen molar-refractivity contribution in [2.24, 2.45) is 0 Å². The lowest BCUT2D eigenvalue weighted by molar-refractivity contribution is 1.18. The molecule has 0 saturated heterocycles. The summed E-state index contributed by atoms with van der Waals surface area (Å²) >= 11 is 1.88. The quantitative estimate of drug-likeness (QED) is 0.171. The van der Waals surface area contributed by atoms with Crippen molar-refractivity contribution >= 4 is 70.4 Å². The fourth-order valence-corrected chi connectivity index (χ4v) is 8.84. The van der Waals surface area contributed by atoms with Crippen LogP contribution in [0.3, 0.4) is 0 Å². The third kappa shape index (κ3) is 5.01. The third-order valence-corrected chi connectivity index (χ3v) is 11.2. The Morgan fingerprint density at radius 1 is 0.373 bits per heavy atom. The van der Waals surface area contributed by atoms with Gasteiger partial charge in [-0.05, 0) is 95.1 Å². The van der Waals surface area contributed by atoms with Crippen LogP contribution in [-0.4, -0.2) is 4.57 Å². The maximum Gasteiger partial charge on any atom is 0.0542 e. The highest BCUT2D eigenvalue weighted by Crippen LogP contribution is 2.43. The molecule has 0 aliphatic heterocycles. The molecule has 0 bridgehead atoms. The minimum atomic E-state index is 1.12. The summed E-state index contributed by atoms with van der Waals surface area (Å²) < 4.78 is 5.05. The Hall–Kier alpha value is -6.42. The van der Waals surface area contributed by atoms with Gasteiger partial charge in [-0.25, -0.2) is 0 Å². The number of aromatic nitrogens is 1. The Morgan fingerprint density at radius 2 is 0.961 bits per heavy atom. The maximum atomic E-state index is 2.39. The van der Waals surface area contributed by atoms with Crippen LogP contribution in [0.25, 0.3) is 69.9 Å². The second-order valence-electron chi connectivity index (χ2n) is 13.0. The number of benzene rings is 8. The van der Waals surface area contributed by atoms with Gasteiger partial charge in [0, 0.05) is 53.7 Å². The molecular formula is C48H32N2S. The number of anilines is 3. The highest BCUT2D eigenvalue weighted by atomic mass is 32.1. The van der Waals surface area contributed by atoms with Crippen molar-refractivity contribution in [2.75, 3.05) is 4.90 Å². The summed E-state index contributed by atoms with van der Waals surface area (Å²) in [5, 5.41) is 5.10. The summed E-state index contributed by atoms with van der Waals surface area (Å²) in [7, 11) is 0. The van der Waals surface area contributed by atoms with E-state index in [1.165, 1.54) is 64.2 Å². The van der Waals surface area contributed by atoms with E-state index in [2.05, 4.69) is 204 Å². The predicted molar refractivity (Wildman–Crippen MR) is 219 cm³/mol. The van der Waals surface area contributed by atoms with E-state index < -0.39 is 0 Å². The molecule has 0 fully saturated rings. The predicted octanol–water partition coefficient (Wildman–Crippen LogP) is 14.0. The molecule has 0 unspecified atom stereocenters. The molecule has 0 aliphatic rings. The highest BCUT2D eigenvalue weighted by Gasteiger charge is 2.18.